The normalized spacial score (nSPS) is 21.7. The van der Waals surface area contributed by atoms with Crippen LogP contribution in [-0.2, 0) is 16.0 Å². The summed E-state index contributed by atoms with van der Waals surface area (Å²) in [6.07, 6.45) is 4.33. The number of hydrogen-bond donors (Lipinski definition) is 2. The summed E-state index contributed by atoms with van der Waals surface area (Å²) in [4.78, 5) is 39.2. The molecule has 0 aliphatic carbocycles. The second-order valence-electron chi connectivity index (χ2n) is 10.9. The van der Waals surface area contributed by atoms with Crippen molar-refractivity contribution in [1.29, 1.82) is 0 Å². The van der Waals surface area contributed by atoms with E-state index in [-0.39, 0.29) is 30.4 Å². The Labute approximate surface area is 238 Å². The number of fused-ring (bicyclic) bond motifs is 3. The lowest BCUT2D eigenvalue weighted by Gasteiger charge is -2.43. The minimum Gasteiger partial charge on any atom is -0.373 e. The molecule has 9 nitrogen and oxygen atoms in total. The van der Waals surface area contributed by atoms with Crippen LogP contribution >= 0.6 is 11.6 Å². The van der Waals surface area contributed by atoms with Gasteiger partial charge in [-0.25, -0.2) is 9.97 Å². The van der Waals surface area contributed by atoms with Crippen molar-refractivity contribution in [3.8, 4) is 11.3 Å². The van der Waals surface area contributed by atoms with Crippen molar-refractivity contribution in [3.05, 3.63) is 64.8 Å². The number of nitrogens with one attached hydrogen (secondary N) is 2. The van der Waals surface area contributed by atoms with Crippen molar-refractivity contribution in [3.63, 3.8) is 0 Å². The lowest BCUT2D eigenvalue weighted by molar-refractivity contribution is -0.115. The number of ether oxygens (including phenoxy) is 1. The van der Waals surface area contributed by atoms with Crippen LogP contribution in [0.5, 0.6) is 0 Å². The minimum absolute atomic E-state index is 0.0578. The fourth-order valence-electron chi connectivity index (χ4n) is 5.98. The Morgan fingerprint density at radius 3 is 2.52 bits per heavy atom. The number of rotatable bonds is 4. The molecule has 6 rings (SSSR count). The van der Waals surface area contributed by atoms with Gasteiger partial charge in [-0.15, -0.1) is 0 Å². The van der Waals surface area contributed by atoms with E-state index in [0.29, 0.717) is 34.0 Å². The SMILES string of the molecule is C[C@@H]1CN(C2CCN(C(=O)c3ccc(Nc4ncc5c(n4)-c4ccc(Cl)cc4NC(=O)C5)cc3)CC2)C[C@H](C)O1. The maximum Gasteiger partial charge on any atom is 0.253 e. The van der Waals surface area contributed by atoms with Crippen molar-refractivity contribution < 1.29 is 14.3 Å². The summed E-state index contributed by atoms with van der Waals surface area (Å²) in [6.45, 7) is 7.71. The highest BCUT2D eigenvalue weighted by atomic mass is 35.5. The molecule has 208 valence electrons. The monoisotopic (exact) mass is 560 g/mol. The van der Waals surface area contributed by atoms with Crippen molar-refractivity contribution >= 4 is 40.7 Å². The fraction of sp³-hybridized carbons (Fsp3) is 0.400. The average Bonchev–Trinajstić information content (AvgIpc) is 3.07. The summed E-state index contributed by atoms with van der Waals surface area (Å²) < 4.78 is 5.88. The van der Waals surface area contributed by atoms with Gasteiger partial charge in [-0.1, -0.05) is 11.6 Å². The Morgan fingerprint density at radius 2 is 1.80 bits per heavy atom. The molecule has 0 saturated carbocycles. The number of likely N-dealkylation sites (tertiary alicyclic amines) is 1. The van der Waals surface area contributed by atoms with Crippen molar-refractivity contribution in [1.82, 2.24) is 19.8 Å². The average molecular weight is 561 g/mol. The van der Waals surface area contributed by atoms with Gasteiger partial charge in [-0.3, -0.25) is 14.5 Å². The zero-order valence-electron chi connectivity index (χ0n) is 22.7. The summed E-state index contributed by atoms with van der Waals surface area (Å²) >= 11 is 6.15. The van der Waals surface area contributed by atoms with Crippen LogP contribution < -0.4 is 10.6 Å². The molecular weight excluding hydrogens is 528 g/mol. The van der Waals surface area contributed by atoms with Gasteiger partial charge in [-0.05, 0) is 69.2 Å². The molecule has 2 saturated heterocycles. The summed E-state index contributed by atoms with van der Waals surface area (Å²) in [7, 11) is 0. The number of anilines is 3. The van der Waals surface area contributed by atoms with Crippen molar-refractivity contribution in [2.24, 2.45) is 0 Å². The Morgan fingerprint density at radius 1 is 1.07 bits per heavy atom. The first-order valence-corrected chi connectivity index (χ1v) is 14.2. The van der Waals surface area contributed by atoms with Crippen LogP contribution in [0.4, 0.5) is 17.3 Å². The molecule has 2 N–H and O–H groups in total. The molecule has 1 aromatic heterocycles. The van der Waals surface area contributed by atoms with E-state index in [2.05, 4.69) is 34.4 Å². The molecule has 0 bridgehead atoms. The molecule has 3 aliphatic rings. The van der Waals surface area contributed by atoms with Crippen molar-refractivity contribution in [2.45, 2.75) is 51.4 Å². The maximum absolute atomic E-state index is 13.2. The van der Waals surface area contributed by atoms with E-state index in [1.807, 2.05) is 35.2 Å². The molecule has 0 radical (unpaired) electrons. The topological polar surface area (TPSA) is 99.7 Å². The number of aromatic nitrogens is 2. The lowest BCUT2D eigenvalue weighted by atomic mass is 10.0. The molecule has 2 aromatic carbocycles. The summed E-state index contributed by atoms with van der Waals surface area (Å²) in [5.41, 5.74) is 4.27. The molecule has 3 aromatic rings. The van der Waals surface area contributed by atoms with Crippen LogP contribution in [0.3, 0.4) is 0 Å². The number of morpholine rings is 1. The predicted molar refractivity (Wildman–Crippen MR) is 155 cm³/mol. The molecule has 2 fully saturated rings. The zero-order valence-corrected chi connectivity index (χ0v) is 23.4. The number of nitrogens with zero attached hydrogens (tertiary/aromatic N) is 4. The highest BCUT2D eigenvalue weighted by molar-refractivity contribution is 6.31. The molecule has 10 heteroatoms. The van der Waals surface area contributed by atoms with E-state index >= 15 is 0 Å². The number of carbonyl (C=O) groups is 2. The van der Waals surface area contributed by atoms with Crippen molar-refractivity contribution in [2.75, 3.05) is 36.8 Å². The van der Waals surface area contributed by atoms with E-state index in [4.69, 9.17) is 21.3 Å². The molecule has 3 aliphatic heterocycles. The maximum atomic E-state index is 13.2. The van der Waals surface area contributed by atoms with Crippen LogP contribution in [0.25, 0.3) is 11.3 Å². The molecule has 2 atom stereocenters. The highest BCUT2D eigenvalue weighted by Gasteiger charge is 2.32. The third-order valence-electron chi connectivity index (χ3n) is 7.83. The van der Waals surface area contributed by atoms with Gasteiger partial charge in [0.05, 0.1) is 30.0 Å². The first kappa shape index (κ1) is 26.7. The van der Waals surface area contributed by atoms with Gasteiger partial charge in [0, 0.05) is 65.8 Å². The van der Waals surface area contributed by atoms with Gasteiger partial charge in [-0.2, -0.15) is 0 Å². The van der Waals surface area contributed by atoms with E-state index < -0.39 is 0 Å². The molecule has 0 unspecified atom stereocenters. The number of hydrogen-bond acceptors (Lipinski definition) is 7. The van der Waals surface area contributed by atoms with Gasteiger partial charge in [0.1, 0.15) is 0 Å². The molecular formula is C30H33ClN6O3. The number of amides is 2. The second kappa shape index (κ2) is 11.2. The van der Waals surface area contributed by atoms with Gasteiger partial charge in [0.2, 0.25) is 11.9 Å². The number of carbonyl (C=O) groups excluding carboxylic acids is 2. The third kappa shape index (κ3) is 5.68. The Bertz CT molecular complexity index is 1410. The summed E-state index contributed by atoms with van der Waals surface area (Å²) in [5.74, 6) is 0.325. The van der Waals surface area contributed by atoms with Crippen LogP contribution in [0.1, 0.15) is 42.6 Å². The van der Waals surface area contributed by atoms with Gasteiger partial charge < -0.3 is 20.3 Å². The first-order valence-electron chi connectivity index (χ1n) is 13.8. The van der Waals surface area contributed by atoms with E-state index in [0.717, 1.165) is 55.8 Å². The van der Waals surface area contributed by atoms with E-state index in [1.165, 1.54) is 0 Å². The zero-order chi connectivity index (χ0) is 27.8. The van der Waals surface area contributed by atoms with E-state index in [9.17, 15) is 9.59 Å². The number of halogens is 1. The van der Waals surface area contributed by atoms with Crippen LogP contribution in [-0.4, -0.2) is 76.0 Å². The van der Waals surface area contributed by atoms with Gasteiger partial charge >= 0.3 is 0 Å². The Balaban J connectivity index is 1.11. The second-order valence-corrected chi connectivity index (χ2v) is 11.4. The van der Waals surface area contributed by atoms with Crippen LogP contribution in [0, 0.1) is 0 Å². The Kier molecular flexibility index (Phi) is 7.44. The molecule has 2 amide bonds. The number of benzene rings is 2. The smallest absolute Gasteiger partial charge is 0.253 e. The molecule has 4 heterocycles. The highest BCUT2D eigenvalue weighted by Crippen LogP contribution is 2.35. The summed E-state index contributed by atoms with van der Waals surface area (Å²) in [5, 5.41) is 6.66. The quantitative estimate of drug-likeness (QED) is 0.475. The predicted octanol–water partition coefficient (Wildman–Crippen LogP) is 4.75. The molecule has 40 heavy (non-hydrogen) atoms. The molecule has 0 spiro atoms. The largest absolute Gasteiger partial charge is 0.373 e. The van der Waals surface area contributed by atoms with Crippen LogP contribution in [0.15, 0.2) is 48.7 Å². The lowest BCUT2D eigenvalue weighted by Crippen LogP contribution is -2.53. The van der Waals surface area contributed by atoms with Gasteiger partial charge in [0.25, 0.3) is 5.91 Å². The standard InChI is InChI=1S/C30H33ClN6O3/c1-18-16-37(17-19(2)40-18)24-9-11-36(12-10-24)29(39)20-3-6-23(7-4-20)33-30-32-15-21-13-27(38)34-26-14-22(31)5-8-25(26)28(21)35-30/h3-8,14-15,18-19,24H,9-13,16-17H2,1-2H3,(H,34,38)(H,32,33,35)/t18-,19+. The number of piperidine rings is 1. The summed E-state index contributed by atoms with van der Waals surface area (Å²) in [6, 6.07) is 13.3. The third-order valence-corrected chi connectivity index (χ3v) is 8.07. The fourth-order valence-corrected chi connectivity index (χ4v) is 6.15. The van der Waals surface area contributed by atoms with E-state index in [1.54, 1.807) is 18.3 Å². The Hall–Kier alpha value is -3.53. The van der Waals surface area contributed by atoms with Crippen LogP contribution in [0.2, 0.25) is 5.02 Å². The minimum atomic E-state index is -0.138. The first-order chi connectivity index (χ1) is 19.3. The van der Waals surface area contributed by atoms with Gasteiger partial charge in [0.15, 0.2) is 0 Å².